The zero-order valence-corrected chi connectivity index (χ0v) is 20.8. The molecule has 0 aromatic carbocycles. The average molecular weight is 462 g/mol. The highest BCUT2D eigenvalue weighted by molar-refractivity contribution is 6.11. The van der Waals surface area contributed by atoms with Gasteiger partial charge in [-0.3, -0.25) is 4.79 Å². The van der Waals surface area contributed by atoms with Crippen LogP contribution < -0.4 is 15.5 Å². The lowest BCUT2D eigenvalue weighted by molar-refractivity contribution is -0.117. The van der Waals surface area contributed by atoms with Crippen LogP contribution >= 0.6 is 0 Å². The van der Waals surface area contributed by atoms with Crippen LogP contribution in [-0.4, -0.2) is 42.4 Å². The summed E-state index contributed by atoms with van der Waals surface area (Å²) in [5.41, 5.74) is 1.80. The van der Waals surface area contributed by atoms with Crippen molar-refractivity contribution in [2.45, 2.75) is 60.4 Å². The summed E-state index contributed by atoms with van der Waals surface area (Å²) in [6.07, 6.45) is 1.36. The number of nitrogens with one attached hydrogen (secondary N) is 2. The third-order valence-electron chi connectivity index (χ3n) is 6.02. The Bertz CT molecular complexity index is 933. The van der Waals surface area contributed by atoms with Crippen molar-refractivity contribution in [2.75, 3.05) is 24.5 Å². The molecule has 6 nitrogen and oxygen atoms in total. The molecule has 8 heteroatoms. The molecule has 1 aromatic heterocycles. The first-order valence-electron chi connectivity index (χ1n) is 11.4. The highest BCUT2D eigenvalue weighted by Crippen LogP contribution is 2.34. The summed E-state index contributed by atoms with van der Waals surface area (Å²) < 4.78 is 29.0. The monoisotopic (exact) mass is 461 g/mol. The average Bonchev–Trinajstić information content (AvgIpc) is 2.72. The molecular weight excluding hydrogens is 424 g/mol. The summed E-state index contributed by atoms with van der Waals surface area (Å²) in [4.78, 5) is 23.0. The third-order valence-corrected chi connectivity index (χ3v) is 6.02. The fraction of sp³-hybridized carbons (Fsp3) is 0.560. The highest BCUT2D eigenvalue weighted by atomic mass is 19.3. The maximum atomic E-state index is 14.5. The molecule has 0 bridgehead atoms. The van der Waals surface area contributed by atoms with Crippen molar-refractivity contribution in [2.24, 2.45) is 16.8 Å². The first kappa shape index (κ1) is 26.6. The van der Waals surface area contributed by atoms with Crippen LogP contribution in [0.2, 0.25) is 0 Å². The van der Waals surface area contributed by atoms with Crippen LogP contribution in [-0.2, 0) is 10.7 Å². The minimum atomic E-state index is -3.02. The lowest BCUT2D eigenvalue weighted by atomic mass is 9.85. The maximum Gasteiger partial charge on any atom is 0.270 e. The smallest absolute Gasteiger partial charge is 0.270 e. The van der Waals surface area contributed by atoms with Crippen molar-refractivity contribution in [1.29, 1.82) is 0 Å². The Morgan fingerprint density at radius 3 is 2.55 bits per heavy atom. The predicted molar refractivity (Wildman–Crippen MR) is 132 cm³/mol. The van der Waals surface area contributed by atoms with Gasteiger partial charge in [-0.2, -0.15) is 0 Å². The SMILES string of the molecule is C=CN=C(NC(C)=O)/C(=C(\C)c1cc(C(C)(F)F)cc(N2CCN[C@@H](C)C2)n1)C(C)C(C)C. The quantitative estimate of drug-likeness (QED) is 0.455. The van der Waals surface area contributed by atoms with Crippen molar-refractivity contribution >= 4 is 23.1 Å². The number of carbonyl (C=O) groups excluding carboxylic acids is 1. The van der Waals surface area contributed by atoms with E-state index >= 15 is 0 Å². The first-order chi connectivity index (χ1) is 15.3. The van der Waals surface area contributed by atoms with E-state index in [1.54, 1.807) is 0 Å². The van der Waals surface area contributed by atoms with E-state index in [9.17, 15) is 13.6 Å². The van der Waals surface area contributed by atoms with Crippen molar-refractivity contribution < 1.29 is 13.6 Å². The molecule has 1 aliphatic heterocycles. The topological polar surface area (TPSA) is 69.6 Å². The number of carbonyl (C=O) groups is 1. The summed E-state index contributed by atoms with van der Waals surface area (Å²) in [6.45, 7) is 18.2. The molecule has 1 fully saturated rings. The molecule has 0 aliphatic carbocycles. The van der Waals surface area contributed by atoms with Gasteiger partial charge in [-0.05, 0) is 43.4 Å². The highest BCUT2D eigenvalue weighted by Gasteiger charge is 2.29. The largest absolute Gasteiger partial charge is 0.354 e. The standard InChI is InChI=1S/C25H37F2N5O/c1-9-28-24(30-19(7)33)23(17(5)15(2)3)18(6)21-12-20(25(8,26)27)13-22(31-21)32-11-10-29-16(4)14-32/h9,12-13,15-17,29H,1,10-11,14H2,2-8H3,(H,28,30,33)/b23-18+/t16-,17?/m0/s1. The van der Waals surface area contributed by atoms with Crippen molar-refractivity contribution in [3.05, 3.63) is 41.7 Å². The molecule has 2 atom stereocenters. The number of alkyl halides is 2. The number of rotatable bonds is 7. The molecule has 33 heavy (non-hydrogen) atoms. The van der Waals surface area contributed by atoms with Gasteiger partial charge in [0.15, 0.2) is 0 Å². The second-order valence-corrected chi connectivity index (χ2v) is 9.20. The minimum Gasteiger partial charge on any atom is -0.354 e. The molecule has 0 spiro atoms. The van der Waals surface area contributed by atoms with E-state index in [0.717, 1.165) is 19.0 Å². The number of aromatic nitrogens is 1. The number of hydrogen-bond donors (Lipinski definition) is 2. The number of hydrogen-bond acceptors (Lipinski definition) is 5. The van der Waals surface area contributed by atoms with Gasteiger partial charge in [0.25, 0.3) is 5.92 Å². The number of pyridine rings is 1. The van der Waals surface area contributed by atoms with Crippen LogP contribution in [0.4, 0.5) is 14.6 Å². The van der Waals surface area contributed by atoms with Gasteiger partial charge in [0.05, 0.1) is 5.69 Å². The summed E-state index contributed by atoms with van der Waals surface area (Å²) in [5.74, 6) is -2.21. The van der Waals surface area contributed by atoms with Crippen molar-refractivity contribution in [3.63, 3.8) is 0 Å². The summed E-state index contributed by atoms with van der Waals surface area (Å²) in [7, 11) is 0. The Kier molecular flexibility index (Phi) is 8.89. The normalized spacial score (nSPS) is 19.3. The molecule has 1 aliphatic rings. The minimum absolute atomic E-state index is 0.0224. The Labute approximate surface area is 196 Å². The molecule has 0 radical (unpaired) electrons. The fourth-order valence-corrected chi connectivity index (χ4v) is 3.90. The molecule has 1 saturated heterocycles. The zero-order valence-electron chi connectivity index (χ0n) is 20.8. The molecule has 2 N–H and O–H groups in total. The van der Waals surface area contributed by atoms with E-state index in [0.29, 0.717) is 36.0 Å². The number of halogens is 2. The summed E-state index contributed by atoms with van der Waals surface area (Å²) >= 11 is 0. The Morgan fingerprint density at radius 2 is 2.03 bits per heavy atom. The van der Waals surface area contributed by atoms with Gasteiger partial charge in [-0.25, -0.2) is 18.8 Å². The van der Waals surface area contributed by atoms with Gasteiger partial charge in [-0.15, -0.1) is 0 Å². The van der Waals surface area contributed by atoms with Crippen LogP contribution in [0.25, 0.3) is 5.57 Å². The number of aliphatic imine (C=N–C) groups is 1. The Morgan fingerprint density at radius 1 is 1.36 bits per heavy atom. The molecule has 1 aromatic rings. The van der Waals surface area contributed by atoms with Gasteiger partial charge in [0.1, 0.15) is 11.7 Å². The second-order valence-electron chi connectivity index (χ2n) is 9.20. The second kappa shape index (κ2) is 11.0. The molecular formula is C25H37F2N5O. The summed E-state index contributed by atoms with van der Waals surface area (Å²) in [6, 6.07) is 3.15. The number of anilines is 1. The predicted octanol–water partition coefficient (Wildman–Crippen LogP) is 4.74. The van der Waals surface area contributed by atoms with E-state index in [4.69, 9.17) is 4.98 Å². The number of amidine groups is 1. The maximum absolute atomic E-state index is 14.5. The van der Waals surface area contributed by atoms with E-state index in [1.807, 2.05) is 18.7 Å². The molecule has 1 unspecified atom stereocenters. The van der Waals surface area contributed by atoms with E-state index < -0.39 is 5.92 Å². The van der Waals surface area contributed by atoms with Crippen LogP contribution in [0.3, 0.4) is 0 Å². The number of allylic oxidation sites excluding steroid dienone is 1. The lowest BCUT2D eigenvalue weighted by Crippen LogP contribution is -2.49. The van der Waals surface area contributed by atoms with Gasteiger partial charge in [-0.1, -0.05) is 27.4 Å². The van der Waals surface area contributed by atoms with Crippen LogP contribution in [0.1, 0.15) is 59.7 Å². The molecule has 1 amide bonds. The van der Waals surface area contributed by atoms with E-state index in [1.165, 1.54) is 25.3 Å². The zero-order chi connectivity index (χ0) is 24.9. The van der Waals surface area contributed by atoms with E-state index in [2.05, 4.69) is 43.0 Å². The number of nitrogens with zero attached hydrogens (tertiary/aromatic N) is 3. The molecule has 2 rings (SSSR count). The Balaban J connectivity index is 2.76. The van der Waals surface area contributed by atoms with Crippen molar-refractivity contribution in [3.8, 4) is 0 Å². The van der Waals surface area contributed by atoms with Crippen LogP contribution in [0.15, 0.2) is 35.5 Å². The van der Waals surface area contributed by atoms with Gasteiger partial charge < -0.3 is 15.5 Å². The van der Waals surface area contributed by atoms with Gasteiger partial charge in [0.2, 0.25) is 5.91 Å². The van der Waals surface area contributed by atoms with Crippen LogP contribution in [0, 0.1) is 11.8 Å². The molecule has 182 valence electrons. The van der Waals surface area contributed by atoms with Gasteiger partial charge in [0, 0.05) is 56.9 Å². The van der Waals surface area contributed by atoms with Crippen LogP contribution in [0.5, 0.6) is 0 Å². The van der Waals surface area contributed by atoms with E-state index in [-0.39, 0.29) is 29.3 Å². The number of amides is 1. The Hall–Kier alpha value is -2.61. The third kappa shape index (κ3) is 6.93. The fourth-order valence-electron chi connectivity index (χ4n) is 3.90. The summed E-state index contributed by atoms with van der Waals surface area (Å²) in [5, 5.41) is 6.15. The number of piperazine rings is 1. The van der Waals surface area contributed by atoms with Gasteiger partial charge >= 0.3 is 0 Å². The van der Waals surface area contributed by atoms with Crippen molar-refractivity contribution in [1.82, 2.24) is 15.6 Å². The molecule has 2 heterocycles. The first-order valence-corrected chi connectivity index (χ1v) is 11.4. The lowest BCUT2D eigenvalue weighted by Gasteiger charge is -2.33. The molecule has 0 saturated carbocycles.